The molecule has 0 heterocycles. The predicted molar refractivity (Wildman–Crippen MR) is 92.2 cm³/mol. The van der Waals surface area contributed by atoms with Gasteiger partial charge in [-0.1, -0.05) is 19.9 Å². The number of ketones is 1. The molecule has 4 fully saturated rings. The number of rotatable bonds is 1. The highest BCUT2D eigenvalue weighted by molar-refractivity contribution is 6.03. The highest BCUT2D eigenvalue weighted by atomic mass is 16.5. The molecule has 0 aliphatic heterocycles. The second kappa shape index (κ2) is 4.95. The molecule has 0 amide bonds. The van der Waals surface area contributed by atoms with Crippen molar-refractivity contribution in [1.29, 1.82) is 0 Å². The Kier molecular flexibility index (Phi) is 3.38. The van der Waals surface area contributed by atoms with Gasteiger partial charge in [-0.2, -0.15) is 0 Å². The van der Waals surface area contributed by atoms with Gasteiger partial charge in [0.1, 0.15) is 0 Å². The molecule has 4 saturated carbocycles. The van der Waals surface area contributed by atoms with Gasteiger partial charge in [0.2, 0.25) is 0 Å². The van der Waals surface area contributed by atoms with Gasteiger partial charge in [0.15, 0.2) is 5.78 Å². The Morgan fingerprint density at radius 3 is 2.58 bits per heavy atom. The maximum atomic E-state index is 13.1. The summed E-state index contributed by atoms with van der Waals surface area (Å²) in [7, 11) is 1.51. The van der Waals surface area contributed by atoms with E-state index in [0.717, 1.165) is 56.9 Å². The van der Waals surface area contributed by atoms with E-state index in [9.17, 15) is 9.59 Å². The van der Waals surface area contributed by atoms with Gasteiger partial charge in [-0.05, 0) is 80.6 Å². The van der Waals surface area contributed by atoms with E-state index >= 15 is 0 Å². The van der Waals surface area contributed by atoms with Crippen molar-refractivity contribution in [1.82, 2.24) is 0 Å². The van der Waals surface area contributed by atoms with E-state index in [-0.39, 0.29) is 16.8 Å². The molecule has 3 heteroatoms. The number of carbonyl (C=O) groups excluding carboxylic acids is 2. The number of ether oxygens (including phenoxy) is 1. The maximum absolute atomic E-state index is 13.1. The van der Waals surface area contributed by atoms with Gasteiger partial charge in [-0.3, -0.25) is 9.59 Å². The molecule has 4 rings (SSSR count). The van der Waals surface area contributed by atoms with Gasteiger partial charge in [-0.15, -0.1) is 0 Å². The summed E-state index contributed by atoms with van der Waals surface area (Å²) >= 11 is 0. The van der Waals surface area contributed by atoms with Crippen molar-refractivity contribution in [3.05, 3.63) is 12.2 Å². The molecule has 0 radical (unpaired) electrons. The van der Waals surface area contributed by atoms with Crippen LogP contribution in [0.2, 0.25) is 0 Å². The van der Waals surface area contributed by atoms with Gasteiger partial charge < -0.3 is 4.74 Å². The summed E-state index contributed by atoms with van der Waals surface area (Å²) in [6.45, 7) is 8.62. The van der Waals surface area contributed by atoms with Crippen LogP contribution in [0.15, 0.2) is 12.2 Å². The van der Waals surface area contributed by atoms with E-state index in [2.05, 4.69) is 20.4 Å². The van der Waals surface area contributed by atoms with E-state index in [1.807, 2.05) is 0 Å². The minimum atomic E-state index is -0.390. The minimum absolute atomic E-state index is 0.0507. The topological polar surface area (TPSA) is 43.4 Å². The Morgan fingerprint density at radius 2 is 1.88 bits per heavy atom. The number of Topliss-reactive ketones (excluding diaryl/α,β-unsaturated/α-hetero) is 1. The van der Waals surface area contributed by atoms with Crippen molar-refractivity contribution < 1.29 is 14.3 Å². The Bertz CT molecular complexity index is 623. The van der Waals surface area contributed by atoms with Crippen molar-refractivity contribution in [2.24, 2.45) is 34.0 Å². The minimum Gasteiger partial charge on any atom is -0.469 e. The molecule has 4 aliphatic carbocycles. The molecular weight excluding hydrogens is 300 g/mol. The molecule has 24 heavy (non-hydrogen) atoms. The largest absolute Gasteiger partial charge is 0.469 e. The molecule has 0 aromatic rings. The van der Waals surface area contributed by atoms with Crippen LogP contribution in [0, 0.1) is 34.0 Å². The van der Waals surface area contributed by atoms with Crippen molar-refractivity contribution in [3.8, 4) is 0 Å². The zero-order valence-corrected chi connectivity index (χ0v) is 15.3. The van der Waals surface area contributed by atoms with Gasteiger partial charge in [-0.25, -0.2) is 0 Å². The Morgan fingerprint density at radius 1 is 1.12 bits per heavy atom. The van der Waals surface area contributed by atoms with E-state index in [1.54, 1.807) is 0 Å². The van der Waals surface area contributed by atoms with Gasteiger partial charge in [0.25, 0.3) is 0 Å². The number of carbonyl (C=O) groups is 2. The molecule has 4 aliphatic rings. The fourth-order valence-corrected chi connectivity index (χ4v) is 7.59. The number of allylic oxidation sites excluding steroid dienone is 1. The van der Waals surface area contributed by atoms with E-state index in [0.29, 0.717) is 23.5 Å². The lowest BCUT2D eigenvalue weighted by Crippen LogP contribution is -2.59. The Hall–Kier alpha value is -1.12. The summed E-state index contributed by atoms with van der Waals surface area (Å²) in [6.07, 6.45) is 8.29. The lowest BCUT2D eigenvalue weighted by molar-refractivity contribution is -0.184. The van der Waals surface area contributed by atoms with Crippen molar-refractivity contribution in [2.75, 3.05) is 7.11 Å². The first kappa shape index (κ1) is 16.4. The summed E-state index contributed by atoms with van der Waals surface area (Å²) in [6, 6.07) is 0. The van der Waals surface area contributed by atoms with Crippen LogP contribution < -0.4 is 0 Å². The number of hydrogen-bond donors (Lipinski definition) is 0. The molecule has 0 unspecified atom stereocenters. The number of methoxy groups -OCH3 is 1. The number of esters is 1. The highest BCUT2D eigenvalue weighted by Gasteiger charge is 2.68. The fourth-order valence-electron chi connectivity index (χ4n) is 7.59. The molecule has 132 valence electrons. The van der Waals surface area contributed by atoms with E-state index in [4.69, 9.17) is 4.74 Å². The smallest absolute Gasteiger partial charge is 0.311 e. The Labute approximate surface area is 145 Å². The first-order valence-electron chi connectivity index (χ1n) is 9.61. The van der Waals surface area contributed by atoms with Crippen LogP contribution in [-0.4, -0.2) is 18.9 Å². The fraction of sp³-hybridized carbons (Fsp3) is 0.810. The van der Waals surface area contributed by atoms with Crippen molar-refractivity contribution in [2.45, 2.75) is 65.2 Å². The monoisotopic (exact) mass is 330 g/mol. The molecule has 0 N–H and O–H groups in total. The normalized spacial score (nSPS) is 50.2. The summed E-state index contributed by atoms with van der Waals surface area (Å²) in [5.41, 5.74) is 0.412. The lowest BCUT2D eigenvalue weighted by Gasteiger charge is -2.62. The van der Waals surface area contributed by atoms with Gasteiger partial charge in [0, 0.05) is 5.41 Å². The third-order valence-corrected chi connectivity index (χ3v) is 8.62. The first-order valence-corrected chi connectivity index (χ1v) is 9.61. The zero-order valence-electron chi connectivity index (χ0n) is 15.3. The molecule has 0 saturated heterocycles. The van der Waals surface area contributed by atoms with Crippen LogP contribution in [0.1, 0.15) is 65.2 Å². The van der Waals surface area contributed by atoms with Crippen LogP contribution in [0.25, 0.3) is 0 Å². The molecule has 6 atom stereocenters. The SMILES string of the molecule is C=C1C(=O)[C@]23CC[C@@H]4[C@](C)(CCC[C@@]4(C)C(=O)OC)[C@H]2CC[C@H]1C3. The van der Waals surface area contributed by atoms with Crippen LogP contribution in [0.4, 0.5) is 0 Å². The molecule has 0 aromatic heterocycles. The maximum Gasteiger partial charge on any atom is 0.311 e. The second-order valence-electron chi connectivity index (χ2n) is 9.40. The summed E-state index contributed by atoms with van der Waals surface area (Å²) in [4.78, 5) is 25.7. The molecule has 3 nitrogen and oxygen atoms in total. The van der Waals surface area contributed by atoms with Gasteiger partial charge >= 0.3 is 5.97 Å². The molecule has 1 spiro atoms. The number of hydrogen-bond acceptors (Lipinski definition) is 3. The van der Waals surface area contributed by atoms with Gasteiger partial charge in [0.05, 0.1) is 12.5 Å². The average Bonchev–Trinajstić information content (AvgIpc) is 2.74. The lowest BCUT2D eigenvalue weighted by atomic mass is 9.41. The predicted octanol–water partition coefficient (Wildman–Crippen LogP) is 4.31. The van der Waals surface area contributed by atoms with Crippen LogP contribution in [-0.2, 0) is 14.3 Å². The third kappa shape index (κ3) is 1.74. The molecular formula is C21H30O3. The standard InChI is InChI=1S/C21H30O3/c1-13-14-6-7-16-19(2)9-5-10-20(3,18(23)24-4)15(19)8-11-21(16,12-14)17(13)22/h14-16H,1,5-12H2,2-4H3/t14-,15+,16+,19-,20+,21-/m0/s1. The zero-order chi connectivity index (χ0) is 17.3. The van der Waals surface area contributed by atoms with Crippen LogP contribution in [0.3, 0.4) is 0 Å². The van der Waals surface area contributed by atoms with Crippen molar-refractivity contribution >= 4 is 11.8 Å². The summed E-state index contributed by atoms with van der Waals surface area (Å²) in [5.74, 6) is 1.48. The first-order chi connectivity index (χ1) is 11.3. The second-order valence-corrected chi connectivity index (χ2v) is 9.40. The third-order valence-electron chi connectivity index (χ3n) is 8.62. The summed E-state index contributed by atoms with van der Waals surface area (Å²) in [5, 5.41) is 0. The van der Waals surface area contributed by atoms with Crippen molar-refractivity contribution in [3.63, 3.8) is 0 Å². The van der Waals surface area contributed by atoms with Crippen LogP contribution in [0.5, 0.6) is 0 Å². The molecule has 2 bridgehead atoms. The van der Waals surface area contributed by atoms with E-state index in [1.165, 1.54) is 7.11 Å². The Balaban J connectivity index is 1.77. The molecule has 0 aromatic carbocycles. The average molecular weight is 330 g/mol. The van der Waals surface area contributed by atoms with E-state index < -0.39 is 5.41 Å². The quantitative estimate of drug-likeness (QED) is 0.531. The number of fused-ring (bicyclic) bond motifs is 3. The summed E-state index contributed by atoms with van der Waals surface area (Å²) < 4.78 is 5.20. The highest BCUT2D eigenvalue weighted by Crippen LogP contribution is 2.71. The van der Waals surface area contributed by atoms with Crippen LogP contribution >= 0.6 is 0 Å².